The normalized spacial score (nSPS) is 12.3. The summed E-state index contributed by atoms with van der Waals surface area (Å²) in [7, 11) is 0. The van der Waals surface area contributed by atoms with E-state index in [1.807, 2.05) is 12.3 Å². The highest BCUT2D eigenvalue weighted by atomic mass is 14.9. The van der Waals surface area contributed by atoms with E-state index in [2.05, 4.69) is 61.4 Å². The summed E-state index contributed by atoms with van der Waals surface area (Å²) in [5, 5.41) is 3.60. The quantitative estimate of drug-likeness (QED) is 0.855. The molecule has 1 aromatic carbocycles. The first kappa shape index (κ1) is 14.7. The molecule has 0 fully saturated rings. The monoisotopic (exact) mass is 268 g/mol. The van der Waals surface area contributed by atoms with Gasteiger partial charge in [-0.3, -0.25) is 4.98 Å². The Morgan fingerprint density at radius 1 is 1.10 bits per heavy atom. The Balaban J connectivity index is 2.30. The second-order valence-electron chi connectivity index (χ2n) is 5.24. The SMILES string of the molecule is CCCNC(c1ccc(CC)cc1)c1cc(C)ccn1. The van der Waals surface area contributed by atoms with Crippen molar-refractivity contribution in [2.24, 2.45) is 0 Å². The fourth-order valence-electron chi connectivity index (χ4n) is 2.35. The standard InChI is InChI=1S/C18H24N2/c1-4-11-20-18(17-13-14(3)10-12-19-17)16-8-6-15(5-2)7-9-16/h6-10,12-13,18,20H,4-5,11H2,1-3H3. The summed E-state index contributed by atoms with van der Waals surface area (Å²) in [5.74, 6) is 0. The molecule has 2 rings (SSSR count). The molecule has 1 N–H and O–H groups in total. The minimum absolute atomic E-state index is 0.181. The molecule has 0 saturated carbocycles. The van der Waals surface area contributed by atoms with Crippen molar-refractivity contribution in [2.45, 2.75) is 39.7 Å². The van der Waals surface area contributed by atoms with Crippen LogP contribution in [-0.2, 0) is 6.42 Å². The largest absolute Gasteiger partial charge is 0.305 e. The molecule has 1 heterocycles. The zero-order valence-corrected chi connectivity index (χ0v) is 12.7. The average molecular weight is 268 g/mol. The first-order valence-corrected chi connectivity index (χ1v) is 7.49. The van der Waals surface area contributed by atoms with Gasteiger partial charge in [-0.1, -0.05) is 38.1 Å². The Kier molecular flexibility index (Phi) is 5.31. The van der Waals surface area contributed by atoms with Crippen LogP contribution in [0, 0.1) is 6.92 Å². The van der Waals surface area contributed by atoms with Crippen molar-refractivity contribution in [2.75, 3.05) is 6.54 Å². The van der Waals surface area contributed by atoms with Gasteiger partial charge in [0.1, 0.15) is 0 Å². The Morgan fingerprint density at radius 2 is 1.85 bits per heavy atom. The van der Waals surface area contributed by atoms with E-state index in [9.17, 15) is 0 Å². The smallest absolute Gasteiger partial charge is 0.0751 e. The average Bonchev–Trinajstić information content (AvgIpc) is 2.48. The van der Waals surface area contributed by atoms with Crippen molar-refractivity contribution < 1.29 is 0 Å². The van der Waals surface area contributed by atoms with Crippen LogP contribution in [0.2, 0.25) is 0 Å². The highest BCUT2D eigenvalue weighted by molar-refractivity contribution is 5.31. The topological polar surface area (TPSA) is 24.9 Å². The van der Waals surface area contributed by atoms with E-state index in [-0.39, 0.29) is 6.04 Å². The number of hydrogen-bond donors (Lipinski definition) is 1. The van der Waals surface area contributed by atoms with Gasteiger partial charge in [0.15, 0.2) is 0 Å². The predicted octanol–water partition coefficient (Wildman–Crippen LogP) is 4.04. The molecule has 1 unspecified atom stereocenters. The number of aryl methyl sites for hydroxylation is 2. The summed E-state index contributed by atoms with van der Waals surface area (Å²) in [5.41, 5.74) is 5.01. The molecule has 2 heteroatoms. The second-order valence-corrected chi connectivity index (χ2v) is 5.24. The van der Waals surface area contributed by atoms with E-state index >= 15 is 0 Å². The van der Waals surface area contributed by atoms with Gasteiger partial charge in [0.25, 0.3) is 0 Å². The molecule has 0 aliphatic heterocycles. The van der Waals surface area contributed by atoms with Crippen LogP contribution in [0.15, 0.2) is 42.6 Å². The van der Waals surface area contributed by atoms with Crippen molar-refractivity contribution in [3.05, 3.63) is 65.0 Å². The number of nitrogens with one attached hydrogen (secondary N) is 1. The lowest BCUT2D eigenvalue weighted by Gasteiger charge is -2.19. The van der Waals surface area contributed by atoms with E-state index in [0.717, 1.165) is 25.1 Å². The highest BCUT2D eigenvalue weighted by Crippen LogP contribution is 2.21. The van der Waals surface area contributed by atoms with Gasteiger partial charge >= 0.3 is 0 Å². The fraction of sp³-hybridized carbons (Fsp3) is 0.389. The summed E-state index contributed by atoms with van der Waals surface area (Å²) in [6, 6.07) is 13.3. The van der Waals surface area contributed by atoms with Crippen LogP contribution >= 0.6 is 0 Å². The van der Waals surface area contributed by atoms with Crippen LogP contribution in [0.5, 0.6) is 0 Å². The minimum Gasteiger partial charge on any atom is -0.305 e. The molecule has 0 spiro atoms. The molecule has 0 aliphatic rings. The number of benzene rings is 1. The van der Waals surface area contributed by atoms with Crippen LogP contribution in [-0.4, -0.2) is 11.5 Å². The minimum atomic E-state index is 0.181. The maximum atomic E-state index is 4.55. The Bertz CT molecular complexity index is 531. The van der Waals surface area contributed by atoms with Gasteiger partial charge in [-0.2, -0.15) is 0 Å². The van der Waals surface area contributed by atoms with E-state index in [0.29, 0.717) is 0 Å². The van der Waals surface area contributed by atoms with Gasteiger partial charge in [-0.25, -0.2) is 0 Å². The van der Waals surface area contributed by atoms with E-state index in [1.54, 1.807) is 0 Å². The maximum absolute atomic E-state index is 4.55. The third-order valence-corrected chi connectivity index (χ3v) is 3.55. The van der Waals surface area contributed by atoms with E-state index in [1.165, 1.54) is 16.7 Å². The number of pyridine rings is 1. The van der Waals surface area contributed by atoms with Crippen LogP contribution in [0.4, 0.5) is 0 Å². The Hall–Kier alpha value is -1.67. The molecule has 1 aromatic heterocycles. The molecule has 1 atom stereocenters. The second kappa shape index (κ2) is 7.20. The third kappa shape index (κ3) is 3.67. The van der Waals surface area contributed by atoms with E-state index in [4.69, 9.17) is 0 Å². The van der Waals surface area contributed by atoms with Crippen LogP contribution in [0.1, 0.15) is 48.7 Å². The number of rotatable bonds is 6. The summed E-state index contributed by atoms with van der Waals surface area (Å²) < 4.78 is 0. The molecule has 106 valence electrons. The molecule has 2 aromatic rings. The molecule has 0 bridgehead atoms. The molecular formula is C18H24N2. The fourth-order valence-corrected chi connectivity index (χ4v) is 2.35. The lowest BCUT2D eigenvalue weighted by atomic mass is 10.00. The molecule has 0 saturated heterocycles. The van der Waals surface area contributed by atoms with E-state index < -0.39 is 0 Å². The first-order chi connectivity index (χ1) is 9.74. The summed E-state index contributed by atoms with van der Waals surface area (Å²) >= 11 is 0. The zero-order chi connectivity index (χ0) is 14.4. The van der Waals surface area contributed by atoms with Gasteiger partial charge in [0.05, 0.1) is 11.7 Å². The molecule has 2 nitrogen and oxygen atoms in total. The molecule has 0 radical (unpaired) electrons. The van der Waals surface area contributed by atoms with Crippen molar-refractivity contribution in [3.63, 3.8) is 0 Å². The van der Waals surface area contributed by atoms with Gasteiger partial charge in [0, 0.05) is 6.20 Å². The number of nitrogens with zero attached hydrogens (tertiary/aromatic N) is 1. The van der Waals surface area contributed by atoms with Crippen LogP contribution < -0.4 is 5.32 Å². The van der Waals surface area contributed by atoms with Gasteiger partial charge in [-0.05, 0) is 55.1 Å². The van der Waals surface area contributed by atoms with Crippen molar-refractivity contribution in [1.29, 1.82) is 0 Å². The first-order valence-electron chi connectivity index (χ1n) is 7.49. The van der Waals surface area contributed by atoms with Crippen LogP contribution in [0.25, 0.3) is 0 Å². The van der Waals surface area contributed by atoms with Crippen LogP contribution in [0.3, 0.4) is 0 Å². The lowest BCUT2D eigenvalue weighted by Crippen LogP contribution is -2.24. The third-order valence-electron chi connectivity index (χ3n) is 3.55. The summed E-state index contributed by atoms with van der Waals surface area (Å²) in [6.45, 7) is 7.48. The number of hydrogen-bond acceptors (Lipinski definition) is 2. The zero-order valence-electron chi connectivity index (χ0n) is 12.7. The van der Waals surface area contributed by atoms with Crippen molar-refractivity contribution in [1.82, 2.24) is 10.3 Å². The summed E-state index contributed by atoms with van der Waals surface area (Å²) in [4.78, 5) is 4.55. The van der Waals surface area contributed by atoms with Crippen molar-refractivity contribution in [3.8, 4) is 0 Å². The Labute approximate surface area is 122 Å². The van der Waals surface area contributed by atoms with Gasteiger partial charge in [-0.15, -0.1) is 0 Å². The molecule has 20 heavy (non-hydrogen) atoms. The number of aromatic nitrogens is 1. The molecule has 0 amide bonds. The highest BCUT2D eigenvalue weighted by Gasteiger charge is 2.14. The lowest BCUT2D eigenvalue weighted by molar-refractivity contribution is 0.586. The Morgan fingerprint density at radius 3 is 2.45 bits per heavy atom. The molecular weight excluding hydrogens is 244 g/mol. The maximum Gasteiger partial charge on any atom is 0.0751 e. The van der Waals surface area contributed by atoms with Gasteiger partial charge < -0.3 is 5.32 Å². The molecule has 0 aliphatic carbocycles. The van der Waals surface area contributed by atoms with Gasteiger partial charge in [0.2, 0.25) is 0 Å². The van der Waals surface area contributed by atoms with Crippen molar-refractivity contribution >= 4 is 0 Å². The summed E-state index contributed by atoms with van der Waals surface area (Å²) in [6.07, 6.45) is 4.09. The predicted molar refractivity (Wildman–Crippen MR) is 84.9 cm³/mol.